The van der Waals surface area contributed by atoms with Crippen molar-refractivity contribution in [3.05, 3.63) is 81.5 Å². The summed E-state index contributed by atoms with van der Waals surface area (Å²) in [6.07, 6.45) is 1.47. The predicted octanol–water partition coefficient (Wildman–Crippen LogP) is 2.76. The maximum absolute atomic E-state index is 12.7. The number of aromatic amines is 1. The van der Waals surface area contributed by atoms with E-state index in [0.29, 0.717) is 30.0 Å². The van der Waals surface area contributed by atoms with Gasteiger partial charge in [0.2, 0.25) is 0 Å². The van der Waals surface area contributed by atoms with E-state index in [1.807, 2.05) is 36.1 Å². The Bertz CT molecular complexity index is 1110. The highest BCUT2D eigenvalue weighted by Gasteiger charge is 2.28. The molecule has 7 heteroatoms. The van der Waals surface area contributed by atoms with Gasteiger partial charge in [-0.05, 0) is 56.2 Å². The molecule has 1 saturated heterocycles. The van der Waals surface area contributed by atoms with Crippen LogP contribution in [0.4, 0.5) is 0 Å². The van der Waals surface area contributed by atoms with Crippen LogP contribution in [0.15, 0.2) is 53.3 Å². The first-order chi connectivity index (χ1) is 14.1. The van der Waals surface area contributed by atoms with Crippen molar-refractivity contribution in [1.82, 2.24) is 19.7 Å². The molecule has 0 radical (unpaired) electrons. The van der Waals surface area contributed by atoms with Gasteiger partial charge < -0.3 is 4.90 Å². The molecule has 2 heterocycles. The van der Waals surface area contributed by atoms with Crippen molar-refractivity contribution in [3.63, 3.8) is 0 Å². The van der Waals surface area contributed by atoms with Crippen molar-refractivity contribution < 1.29 is 4.79 Å². The topological polar surface area (TPSA) is 94.8 Å². The molecule has 0 atom stereocenters. The monoisotopic (exact) mass is 387 g/mol. The lowest BCUT2D eigenvalue weighted by molar-refractivity contribution is 0.0710. The van der Waals surface area contributed by atoms with Gasteiger partial charge in [-0.1, -0.05) is 17.7 Å². The van der Waals surface area contributed by atoms with Gasteiger partial charge in [-0.3, -0.25) is 4.79 Å². The van der Waals surface area contributed by atoms with E-state index in [9.17, 15) is 9.59 Å². The number of rotatable bonds is 3. The highest BCUT2D eigenvalue weighted by atomic mass is 16.2. The van der Waals surface area contributed by atoms with Crippen molar-refractivity contribution in [1.29, 1.82) is 5.26 Å². The summed E-state index contributed by atoms with van der Waals surface area (Å²) in [7, 11) is 0. The Hall–Kier alpha value is -3.66. The van der Waals surface area contributed by atoms with Crippen molar-refractivity contribution >= 4 is 5.91 Å². The Balaban J connectivity index is 1.49. The quantitative estimate of drug-likeness (QED) is 0.748. The number of nitrogens with one attached hydrogen (secondary N) is 1. The summed E-state index contributed by atoms with van der Waals surface area (Å²) in [5, 5.41) is 15.7. The van der Waals surface area contributed by atoms with E-state index in [4.69, 9.17) is 5.26 Å². The molecule has 7 nitrogen and oxygen atoms in total. The lowest BCUT2D eigenvalue weighted by Gasteiger charge is -2.31. The molecule has 1 aromatic heterocycles. The maximum Gasteiger partial charge on any atom is 0.347 e. The molecule has 29 heavy (non-hydrogen) atoms. The number of nitriles is 1. The van der Waals surface area contributed by atoms with Crippen molar-refractivity contribution in [2.75, 3.05) is 13.1 Å². The second kappa shape index (κ2) is 7.76. The summed E-state index contributed by atoms with van der Waals surface area (Å²) in [6, 6.07) is 16.5. The van der Waals surface area contributed by atoms with Crippen LogP contribution < -0.4 is 5.69 Å². The van der Waals surface area contributed by atoms with Gasteiger partial charge >= 0.3 is 5.69 Å². The van der Waals surface area contributed by atoms with Crippen LogP contribution in [0.2, 0.25) is 0 Å². The smallest absolute Gasteiger partial charge is 0.339 e. The second-order valence-electron chi connectivity index (χ2n) is 7.31. The average Bonchev–Trinajstić information content (AvgIpc) is 3.15. The van der Waals surface area contributed by atoms with Crippen LogP contribution in [-0.4, -0.2) is 38.7 Å². The Kier molecular flexibility index (Phi) is 5.00. The third-order valence-electron chi connectivity index (χ3n) is 5.40. The number of aryl methyl sites for hydroxylation is 1. The van der Waals surface area contributed by atoms with Gasteiger partial charge in [0, 0.05) is 24.6 Å². The third-order valence-corrected chi connectivity index (χ3v) is 5.40. The highest BCUT2D eigenvalue weighted by molar-refractivity contribution is 5.94. The molecule has 0 saturated carbocycles. The van der Waals surface area contributed by atoms with Gasteiger partial charge in [0.1, 0.15) is 5.82 Å². The molecule has 4 rings (SSSR count). The number of hydrogen-bond acceptors (Lipinski definition) is 4. The Morgan fingerprint density at radius 1 is 1.10 bits per heavy atom. The summed E-state index contributed by atoms with van der Waals surface area (Å²) in [6.45, 7) is 3.19. The largest absolute Gasteiger partial charge is 0.347 e. The lowest BCUT2D eigenvalue weighted by atomic mass is 9.95. The highest BCUT2D eigenvalue weighted by Crippen LogP contribution is 2.28. The zero-order valence-corrected chi connectivity index (χ0v) is 16.1. The number of piperidine rings is 1. The van der Waals surface area contributed by atoms with Gasteiger partial charge in [-0.2, -0.15) is 10.4 Å². The van der Waals surface area contributed by atoms with Crippen LogP contribution >= 0.6 is 0 Å². The van der Waals surface area contributed by atoms with Crippen molar-refractivity contribution in [2.24, 2.45) is 0 Å². The minimum absolute atomic E-state index is 0.0362. The van der Waals surface area contributed by atoms with Crippen LogP contribution in [0, 0.1) is 18.3 Å². The molecule has 0 bridgehead atoms. The first-order valence-corrected chi connectivity index (χ1v) is 9.60. The van der Waals surface area contributed by atoms with Crippen molar-refractivity contribution in [3.8, 4) is 11.8 Å². The number of likely N-dealkylation sites (tertiary alicyclic amines) is 1. The molecule has 0 unspecified atom stereocenters. The van der Waals surface area contributed by atoms with Crippen molar-refractivity contribution in [2.45, 2.75) is 25.7 Å². The van der Waals surface area contributed by atoms with E-state index >= 15 is 0 Å². The molecule has 2 aromatic carbocycles. The van der Waals surface area contributed by atoms with Gasteiger partial charge in [0.05, 0.1) is 17.3 Å². The predicted molar refractivity (Wildman–Crippen MR) is 108 cm³/mol. The van der Waals surface area contributed by atoms with E-state index in [0.717, 1.165) is 24.1 Å². The van der Waals surface area contributed by atoms with E-state index in [-0.39, 0.29) is 17.5 Å². The third kappa shape index (κ3) is 3.69. The number of amides is 1. The molecule has 1 fully saturated rings. The molecule has 1 aliphatic heterocycles. The van der Waals surface area contributed by atoms with E-state index in [2.05, 4.69) is 16.3 Å². The number of benzene rings is 2. The lowest BCUT2D eigenvalue weighted by Crippen LogP contribution is -2.38. The Morgan fingerprint density at radius 2 is 1.76 bits per heavy atom. The maximum atomic E-state index is 12.7. The number of H-pyrrole nitrogens is 1. The SMILES string of the molecule is Cc1ccc(-n2c(C3CCN(C(=O)c4ccc(C#N)cc4)CC3)n[nH]c2=O)cc1. The standard InChI is InChI=1S/C22H21N5O2/c1-15-2-8-19(9-3-15)27-20(24-25-22(27)29)17-10-12-26(13-11-17)21(28)18-6-4-16(14-23)5-7-18/h2-9,17H,10-13H2,1H3,(H,25,29). The van der Waals surface area contributed by atoms with Gasteiger partial charge in [-0.15, -0.1) is 0 Å². The minimum atomic E-state index is -0.250. The average molecular weight is 387 g/mol. The minimum Gasteiger partial charge on any atom is -0.339 e. The van der Waals surface area contributed by atoms with Gasteiger partial charge in [0.25, 0.3) is 5.91 Å². The van der Waals surface area contributed by atoms with E-state index in [1.54, 1.807) is 28.8 Å². The van der Waals surface area contributed by atoms with Crippen LogP contribution in [-0.2, 0) is 0 Å². The molecular weight excluding hydrogens is 366 g/mol. The molecule has 1 amide bonds. The number of carbonyl (C=O) groups excluding carboxylic acids is 1. The van der Waals surface area contributed by atoms with Gasteiger partial charge in [0.15, 0.2) is 0 Å². The van der Waals surface area contributed by atoms with Crippen LogP contribution in [0.3, 0.4) is 0 Å². The number of carbonyl (C=O) groups is 1. The Morgan fingerprint density at radius 3 is 2.38 bits per heavy atom. The zero-order valence-electron chi connectivity index (χ0n) is 16.1. The summed E-state index contributed by atoms with van der Waals surface area (Å²) < 4.78 is 1.63. The molecule has 0 aliphatic carbocycles. The van der Waals surface area contributed by atoms with E-state index < -0.39 is 0 Å². The first-order valence-electron chi connectivity index (χ1n) is 9.60. The van der Waals surface area contributed by atoms with Crippen LogP contribution in [0.25, 0.3) is 5.69 Å². The normalized spacial score (nSPS) is 14.6. The first kappa shape index (κ1) is 18.7. The zero-order chi connectivity index (χ0) is 20.4. The molecule has 0 spiro atoms. The number of hydrogen-bond donors (Lipinski definition) is 1. The summed E-state index contributed by atoms with van der Waals surface area (Å²) >= 11 is 0. The summed E-state index contributed by atoms with van der Waals surface area (Å²) in [5.41, 5.74) is 2.79. The number of nitrogens with zero attached hydrogens (tertiary/aromatic N) is 4. The molecule has 3 aromatic rings. The van der Waals surface area contributed by atoms with Crippen LogP contribution in [0.5, 0.6) is 0 Å². The summed E-state index contributed by atoms with van der Waals surface area (Å²) in [5.74, 6) is 0.774. The molecular formula is C22H21N5O2. The Labute approximate surface area is 168 Å². The molecule has 146 valence electrons. The summed E-state index contributed by atoms with van der Waals surface area (Å²) in [4.78, 5) is 26.9. The fourth-order valence-electron chi connectivity index (χ4n) is 3.74. The number of aromatic nitrogens is 3. The van der Waals surface area contributed by atoms with Crippen LogP contribution in [0.1, 0.15) is 46.1 Å². The van der Waals surface area contributed by atoms with Gasteiger partial charge in [-0.25, -0.2) is 14.5 Å². The molecule has 1 N–H and O–H groups in total. The molecule has 1 aliphatic rings. The second-order valence-corrected chi connectivity index (χ2v) is 7.31. The van der Waals surface area contributed by atoms with E-state index in [1.165, 1.54) is 0 Å². The fourth-order valence-corrected chi connectivity index (χ4v) is 3.74. The fraction of sp³-hybridized carbons (Fsp3) is 0.273.